The zero-order chi connectivity index (χ0) is 24.0. The standard InChI is InChI=1S/C28H27NO5/c1-16-8-9-19(12-17(16)2)23(30)15-34-28(33)22(13-18-6-4-3-5-7-18)29-26(31)24-20-10-11-21(14-20)25(24)27(29)32/h3-12,20-22,24-25H,13-15H2,1-2H3. The lowest BCUT2D eigenvalue weighted by atomic mass is 9.85. The second kappa shape index (κ2) is 8.67. The van der Waals surface area contributed by atoms with E-state index in [1.165, 1.54) is 0 Å². The molecule has 6 heteroatoms. The molecule has 1 aliphatic heterocycles. The van der Waals surface area contributed by atoms with Crippen molar-refractivity contribution in [2.24, 2.45) is 23.7 Å². The number of esters is 1. The van der Waals surface area contributed by atoms with E-state index in [0.717, 1.165) is 28.0 Å². The van der Waals surface area contributed by atoms with E-state index in [2.05, 4.69) is 0 Å². The number of rotatable bonds is 7. The van der Waals surface area contributed by atoms with E-state index in [-0.39, 0.29) is 35.9 Å². The number of allylic oxidation sites excluding steroid dienone is 2. The van der Waals surface area contributed by atoms with Gasteiger partial charge in [0.15, 0.2) is 12.4 Å². The van der Waals surface area contributed by atoms with Crippen molar-refractivity contribution in [2.45, 2.75) is 32.7 Å². The molecule has 0 spiro atoms. The number of ketones is 1. The van der Waals surface area contributed by atoms with Gasteiger partial charge in [0.2, 0.25) is 11.8 Å². The van der Waals surface area contributed by atoms with Gasteiger partial charge in [-0.05, 0) is 54.9 Å². The lowest BCUT2D eigenvalue weighted by Crippen LogP contribution is -2.48. The third-order valence-corrected chi connectivity index (χ3v) is 7.53. The molecule has 0 aromatic heterocycles. The third-order valence-electron chi connectivity index (χ3n) is 7.53. The van der Waals surface area contributed by atoms with Crippen LogP contribution in [0.5, 0.6) is 0 Å². The van der Waals surface area contributed by atoms with Crippen molar-refractivity contribution < 1.29 is 23.9 Å². The summed E-state index contributed by atoms with van der Waals surface area (Å²) >= 11 is 0. The number of carbonyl (C=O) groups excluding carboxylic acids is 4. The van der Waals surface area contributed by atoms with Crippen LogP contribution in [0.25, 0.3) is 0 Å². The molecule has 3 aliphatic rings. The second-order valence-corrected chi connectivity index (χ2v) is 9.58. The maximum Gasteiger partial charge on any atom is 0.330 e. The van der Waals surface area contributed by atoms with Crippen molar-refractivity contribution >= 4 is 23.6 Å². The molecule has 174 valence electrons. The minimum absolute atomic E-state index is 0.0520. The summed E-state index contributed by atoms with van der Waals surface area (Å²) < 4.78 is 5.41. The van der Waals surface area contributed by atoms with Crippen molar-refractivity contribution in [3.63, 3.8) is 0 Å². The van der Waals surface area contributed by atoms with Gasteiger partial charge in [-0.25, -0.2) is 4.79 Å². The smallest absolute Gasteiger partial charge is 0.330 e. The van der Waals surface area contributed by atoms with E-state index in [1.807, 2.05) is 62.4 Å². The monoisotopic (exact) mass is 457 g/mol. The summed E-state index contributed by atoms with van der Waals surface area (Å²) in [5.41, 5.74) is 3.31. The predicted molar refractivity (Wildman–Crippen MR) is 125 cm³/mol. The van der Waals surface area contributed by atoms with Crippen LogP contribution < -0.4 is 0 Å². The fraction of sp³-hybridized carbons (Fsp3) is 0.357. The van der Waals surface area contributed by atoms with Gasteiger partial charge in [-0.3, -0.25) is 19.3 Å². The molecule has 1 heterocycles. The Morgan fingerprint density at radius 2 is 1.59 bits per heavy atom. The minimum atomic E-state index is -1.10. The highest BCUT2D eigenvalue weighted by Gasteiger charge is 2.61. The average Bonchev–Trinajstić information content (AvgIpc) is 3.52. The number of fused-ring (bicyclic) bond motifs is 5. The van der Waals surface area contributed by atoms with Crippen LogP contribution in [-0.2, 0) is 25.5 Å². The molecule has 2 aromatic carbocycles. The quantitative estimate of drug-likeness (QED) is 0.275. The highest BCUT2D eigenvalue weighted by molar-refractivity contribution is 6.09. The second-order valence-electron chi connectivity index (χ2n) is 9.58. The van der Waals surface area contributed by atoms with Gasteiger partial charge in [-0.15, -0.1) is 0 Å². The normalized spacial score (nSPS) is 25.5. The van der Waals surface area contributed by atoms with Gasteiger partial charge in [-0.1, -0.05) is 54.6 Å². The summed E-state index contributed by atoms with van der Waals surface area (Å²) in [4.78, 5) is 53.7. The van der Waals surface area contributed by atoms with Crippen molar-refractivity contribution in [3.05, 3.63) is 82.9 Å². The highest BCUT2D eigenvalue weighted by Crippen LogP contribution is 2.53. The molecule has 6 nitrogen and oxygen atoms in total. The van der Waals surface area contributed by atoms with Crippen molar-refractivity contribution in [1.29, 1.82) is 0 Å². The van der Waals surface area contributed by atoms with Crippen LogP contribution in [0.3, 0.4) is 0 Å². The number of hydrogen-bond donors (Lipinski definition) is 0. The number of hydrogen-bond acceptors (Lipinski definition) is 5. The van der Waals surface area contributed by atoms with Crippen LogP contribution in [0.15, 0.2) is 60.7 Å². The van der Waals surface area contributed by atoms with Gasteiger partial charge in [-0.2, -0.15) is 0 Å². The number of amides is 2. The van der Waals surface area contributed by atoms with E-state index in [1.54, 1.807) is 12.1 Å². The molecule has 5 atom stereocenters. The Kier molecular flexibility index (Phi) is 5.68. The van der Waals surface area contributed by atoms with Crippen molar-refractivity contribution in [2.75, 3.05) is 6.61 Å². The first-order valence-electron chi connectivity index (χ1n) is 11.7. The number of aryl methyl sites for hydroxylation is 2. The Morgan fingerprint density at radius 3 is 2.21 bits per heavy atom. The van der Waals surface area contributed by atoms with E-state index in [9.17, 15) is 19.2 Å². The summed E-state index contributed by atoms with van der Waals surface area (Å²) in [5.74, 6) is -2.35. The molecule has 2 aliphatic carbocycles. The lowest BCUT2D eigenvalue weighted by molar-refractivity contribution is -0.158. The number of imide groups is 1. The Morgan fingerprint density at radius 1 is 0.941 bits per heavy atom. The van der Waals surface area contributed by atoms with Crippen molar-refractivity contribution in [1.82, 2.24) is 4.90 Å². The van der Waals surface area contributed by atoms with Gasteiger partial charge in [0.05, 0.1) is 11.8 Å². The molecule has 1 saturated heterocycles. The van der Waals surface area contributed by atoms with Gasteiger partial charge in [0.25, 0.3) is 0 Å². The first-order valence-corrected chi connectivity index (χ1v) is 11.7. The summed E-state index contributed by atoms with van der Waals surface area (Å²) in [7, 11) is 0. The third kappa shape index (κ3) is 3.77. The molecule has 5 unspecified atom stereocenters. The van der Waals surface area contributed by atoms with Gasteiger partial charge >= 0.3 is 5.97 Å². The predicted octanol–water partition coefficient (Wildman–Crippen LogP) is 3.45. The number of likely N-dealkylation sites (tertiary alicyclic amines) is 1. The van der Waals surface area contributed by atoms with Gasteiger partial charge in [0, 0.05) is 12.0 Å². The van der Waals surface area contributed by atoms with Crippen LogP contribution >= 0.6 is 0 Å². The van der Waals surface area contributed by atoms with E-state index in [4.69, 9.17) is 4.74 Å². The Balaban J connectivity index is 1.36. The summed E-state index contributed by atoms with van der Waals surface area (Å²) in [6.07, 6.45) is 5.01. The highest BCUT2D eigenvalue weighted by atomic mass is 16.5. The molecule has 1 saturated carbocycles. The summed E-state index contributed by atoms with van der Waals surface area (Å²) in [6, 6.07) is 13.5. The maximum absolute atomic E-state index is 13.3. The Bertz CT molecular complexity index is 1170. The molecule has 2 amide bonds. The SMILES string of the molecule is Cc1ccc(C(=O)COC(=O)C(Cc2ccccc2)N2C(=O)C3C4C=CC(C4)C3C2=O)cc1C. The van der Waals surface area contributed by atoms with E-state index in [0.29, 0.717) is 5.56 Å². The van der Waals surface area contributed by atoms with Crippen LogP contribution in [0.4, 0.5) is 0 Å². The van der Waals surface area contributed by atoms with Crippen LogP contribution in [0.1, 0.15) is 33.5 Å². The summed E-state index contributed by atoms with van der Waals surface area (Å²) in [6.45, 7) is 3.43. The van der Waals surface area contributed by atoms with Crippen molar-refractivity contribution in [3.8, 4) is 0 Å². The Labute approximate surface area is 198 Å². The minimum Gasteiger partial charge on any atom is -0.456 e. The van der Waals surface area contributed by atoms with Crippen LogP contribution in [0, 0.1) is 37.5 Å². The molecule has 0 N–H and O–H groups in total. The van der Waals surface area contributed by atoms with Crippen LogP contribution in [-0.4, -0.2) is 41.1 Å². The molecule has 2 fully saturated rings. The maximum atomic E-state index is 13.3. The molecular formula is C28H27NO5. The molecular weight excluding hydrogens is 430 g/mol. The fourth-order valence-corrected chi connectivity index (χ4v) is 5.58. The molecule has 0 radical (unpaired) electrons. The van der Waals surface area contributed by atoms with E-state index >= 15 is 0 Å². The number of carbonyl (C=O) groups is 4. The fourth-order valence-electron chi connectivity index (χ4n) is 5.58. The van der Waals surface area contributed by atoms with Gasteiger partial charge in [0.1, 0.15) is 6.04 Å². The first kappa shape index (κ1) is 22.3. The zero-order valence-electron chi connectivity index (χ0n) is 19.3. The first-order chi connectivity index (χ1) is 16.3. The molecule has 5 rings (SSSR count). The largest absolute Gasteiger partial charge is 0.456 e. The topological polar surface area (TPSA) is 80.8 Å². The summed E-state index contributed by atoms with van der Waals surface area (Å²) in [5, 5.41) is 0. The average molecular weight is 458 g/mol. The molecule has 34 heavy (non-hydrogen) atoms. The number of ether oxygens (including phenoxy) is 1. The number of Topliss-reactive ketones (excluding diaryl/α,β-unsaturated/α-hetero) is 1. The number of nitrogens with zero attached hydrogens (tertiary/aromatic N) is 1. The van der Waals surface area contributed by atoms with E-state index < -0.39 is 30.5 Å². The Hall–Kier alpha value is -3.54. The molecule has 2 aromatic rings. The number of benzene rings is 2. The molecule has 2 bridgehead atoms. The van der Waals surface area contributed by atoms with Gasteiger partial charge < -0.3 is 4.74 Å². The van der Waals surface area contributed by atoms with Crippen LogP contribution in [0.2, 0.25) is 0 Å². The lowest BCUT2D eigenvalue weighted by Gasteiger charge is -2.26. The zero-order valence-corrected chi connectivity index (χ0v) is 19.3.